The van der Waals surface area contributed by atoms with E-state index in [1.54, 1.807) is 19.2 Å². The number of benzene rings is 2. The van der Waals surface area contributed by atoms with E-state index in [-0.39, 0.29) is 12.0 Å². The summed E-state index contributed by atoms with van der Waals surface area (Å²) in [6.07, 6.45) is 1.39. The Kier molecular flexibility index (Phi) is 8.40. The summed E-state index contributed by atoms with van der Waals surface area (Å²) < 4.78 is 11.7. The molecule has 8 heteroatoms. The van der Waals surface area contributed by atoms with Gasteiger partial charge in [-0.15, -0.1) is 0 Å². The van der Waals surface area contributed by atoms with Crippen LogP contribution in [0.2, 0.25) is 10.2 Å². The summed E-state index contributed by atoms with van der Waals surface area (Å²) in [5, 5.41) is 1.07. The second-order valence-electron chi connectivity index (χ2n) is 8.17. The molecule has 1 fully saturated rings. The minimum atomic E-state index is -0.133. The zero-order chi connectivity index (χ0) is 23.9. The van der Waals surface area contributed by atoms with Gasteiger partial charge in [-0.05, 0) is 47.5 Å². The number of piperazine rings is 1. The van der Waals surface area contributed by atoms with Gasteiger partial charge in [-0.1, -0.05) is 47.5 Å². The molecule has 1 aromatic heterocycles. The molecule has 2 aromatic carbocycles. The summed E-state index contributed by atoms with van der Waals surface area (Å²) in [5.74, 6) is 0.785. The number of hydrogen-bond acceptors (Lipinski definition) is 5. The fourth-order valence-electron chi connectivity index (χ4n) is 3.94. The van der Waals surface area contributed by atoms with Crippen LogP contribution in [0.3, 0.4) is 0 Å². The van der Waals surface area contributed by atoms with Gasteiger partial charge >= 0.3 is 0 Å². The Morgan fingerprint density at radius 1 is 1.03 bits per heavy atom. The fraction of sp³-hybridized carbons (Fsp3) is 0.308. The second kappa shape index (κ2) is 11.7. The highest BCUT2D eigenvalue weighted by Crippen LogP contribution is 2.24. The van der Waals surface area contributed by atoms with Crippen molar-refractivity contribution in [3.8, 4) is 5.75 Å². The highest BCUT2D eigenvalue weighted by molar-refractivity contribution is 6.30. The molecule has 2 heterocycles. The molecule has 0 spiro atoms. The Labute approximate surface area is 210 Å². The van der Waals surface area contributed by atoms with E-state index in [9.17, 15) is 4.79 Å². The molecule has 0 N–H and O–H groups in total. The van der Waals surface area contributed by atoms with Crippen LogP contribution in [0.15, 0.2) is 66.9 Å². The molecule has 1 aliphatic heterocycles. The standard InChI is InChI=1S/C26H27Cl2N3O3/c1-33-23-4-2-3-19(15-23)18-34-24(20-5-8-22(27)9-6-20)17-30-11-13-31(14-12-30)26(32)21-7-10-25(28)29-16-21/h2-10,15-16,24H,11-14,17-18H2,1H3/t24-/m1/s1. The highest BCUT2D eigenvalue weighted by Gasteiger charge is 2.25. The van der Waals surface area contributed by atoms with Crippen LogP contribution in [-0.2, 0) is 11.3 Å². The van der Waals surface area contributed by atoms with Gasteiger partial charge in [0.05, 0.1) is 25.4 Å². The van der Waals surface area contributed by atoms with Crippen LogP contribution in [0.4, 0.5) is 0 Å². The number of pyridine rings is 1. The third kappa shape index (κ3) is 6.48. The molecule has 0 unspecified atom stereocenters. The maximum Gasteiger partial charge on any atom is 0.255 e. The fourth-order valence-corrected chi connectivity index (χ4v) is 4.18. The summed E-state index contributed by atoms with van der Waals surface area (Å²) in [7, 11) is 1.66. The first-order chi connectivity index (χ1) is 16.5. The average Bonchev–Trinajstić information content (AvgIpc) is 2.87. The number of amides is 1. The summed E-state index contributed by atoms with van der Waals surface area (Å²) in [5.41, 5.74) is 2.67. The summed E-state index contributed by atoms with van der Waals surface area (Å²) in [6, 6.07) is 19.0. The largest absolute Gasteiger partial charge is 0.497 e. The number of aromatic nitrogens is 1. The van der Waals surface area contributed by atoms with Crippen molar-refractivity contribution in [2.24, 2.45) is 0 Å². The summed E-state index contributed by atoms with van der Waals surface area (Å²) >= 11 is 11.9. The van der Waals surface area contributed by atoms with Crippen molar-refractivity contribution in [1.82, 2.24) is 14.8 Å². The van der Waals surface area contributed by atoms with E-state index in [4.69, 9.17) is 32.7 Å². The molecule has 0 saturated carbocycles. The molecule has 3 aromatic rings. The zero-order valence-corrected chi connectivity index (χ0v) is 20.5. The van der Waals surface area contributed by atoms with Crippen molar-refractivity contribution in [2.75, 3.05) is 39.8 Å². The summed E-state index contributed by atoms with van der Waals surface area (Å²) in [6.45, 7) is 4.00. The van der Waals surface area contributed by atoms with Crippen molar-refractivity contribution in [3.63, 3.8) is 0 Å². The van der Waals surface area contributed by atoms with E-state index >= 15 is 0 Å². The van der Waals surface area contributed by atoms with Crippen molar-refractivity contribution < 1.29 is 14.3 Å². The van der Waals surface area contributed by atoms with E-state index in [0.717, 1.165) is 36.5 Å². The number of carbonyl (C=O) groups excluding carboxylic acids is 1. The lowest BCUT2D eigenvalue weighted by Gasteiger charge is -2.36. The Hall–Kier alpha value is -2.64. The van der Waals surface area contributed by atoms with Gasteiger partial charge in [-0.25, -0.2) is 4.98 Å². The number of methoxy groups -OCH3 is 1. The molecular weight excluding hydrogens is 473 g/mol. The minimum Gasteiger partial charge on any atom is -0.497 e. The van der Waals surface area contributed by atoms with Crippen molar-refractivity contribution >= 4 is 29.1 Å². The molecule has 0 bridgehead atoms. The molecule has 178 valence electrons. The number of rotatable bonds is 8. The van der Waals surface area contributed by atoms with E-state index in [0.29, 0.717) is 35.4 Å². The Balaban J connectivity index is 1.38. The van der Waals surface area contributed by atoms with Crippen LogP contribution in [0.5, 0.6) is 5.75 Å². The van der Waals surface area contributed by atoms with Gasteiger partial charge < -0.3 is 14.4 Å². The molecule has 4 rings (SSSR count). The molecule has 0 radical (unpaired) electrons. The normalized spacial score (nSPS) is 15.2. The number of hydrogen-bond donors (Lipinski definition) is 0. The lowest BCUT2D eigenvalue weighted by molar-refractivity contribution is 0.00337. The van der Waals surface area contributed by atoms with Gasteiger partial charge in [-0.2, -0.15) is 0 Å². The molecule has 1 aliphatic rings. The van der Waals surface area contributed by atoms with Gasteiger partial charge in [0, 0.05) is 43.9 Å². The lowest BCUT2D eigenvalue weighted by Crippen LogP contribution is -2.49. The van der Waals surface area contributed by atoms with Gasteiger partial charge in [-0.3, -0.25) is 9.69 Å². The second-order valence-corrected chi connectivity index (χ2v) is 8.99. The van der Waals surface area contributed by atoms with E-state index in [1.165, 1.54) is 6.20 Å². The molecule has 1 atom stereocenters. The quantitative estimate of drug-likeness (QED) is 0.403. The van der Waals surface area contributed by atoms with E-state index in [1.807, 2.05) is 53.4 Å². The SMILES string of the molecule is COc1cccc(CO[C@H](CN2CCN(C(=O)c3ccc(Cl)nc3)CC2)c2ccc(Cl)cc2)c1. The van der Waals surface area contributed by atoms with Crippen LogP contribution >= 0.6 is 23.2 Å². The van der Waals surface area contributed by atoms with Gasteiger partial charge in [0.15, 0.2) is 0 Å². The first kappa shape index (κ1) is 24.5. The molecule has 6 nitrogen and oxygen atoms in total. The van der Waals surface area contributed by atoms with Crippen LogP contribution in [0.25, 0.3) is 0 Å². The van der Waals surface area contributed by atoms with E-state index in [2.05, 4.69) is 9.88 Å². The third-order valence-electron chi connectivity index (χ3n) is 5.88. The first-order valence-electron chi connectivity index (χ1n) is 11.1. The maximum absolute atomic E-state index is 12.8. The number of ether oxygens (including phenoxy) is 2. The predicted molar refractivity (Wildman–Crippen MR) is 134 cm³/mol. The zero-order valence-electron chi connectivity index (χ0n) is 19.0. The van der Waals surface area contributed by atoms with Gasteiger partial charge in [0.2, 0.25) is 0 Å². The average molecular weight is 500 g/mol. The Bertz CT molecular complexity index is 1090. The van der Waals surface area contributed by atoms with Crippen molar-refractivity contribution in [2.45, 2.75) is 12.7 Å². The Morgan fingerprint density at radius 2 is 1.79 bits per heavy atom. The predicted octanol–water partition coefficient (Wildman–Crippen LogP) is 5.11. The number of carbonyl (C=O) groups is 1. The monoisotopic (exact) mass is 499 g/mol. The smallest absolute Gasteiger partial charge is 0.255 e. The third-order valence-corrected chi connectivity index (χ3v) is 6.36. The molecule has 1 amide bonds. The minimum absolute atomic E-state index is 0.0210. The van der Waals surface area contributed by atoms with Gasteiger partial charge in [0.25, 0.3) is 5.91 Å². The number of nitrogens with zero attached hydrogens (tertiary/aromatic N) is 3. The molecule has 34 heavy (non-hydrogen) atoms. The van der Waals surface area contributed by atoms with E-state index < -0.39 is 0 Å². The van der Waals surface area contributed by atoms with Crippen LogP contribution in [0, 0.1) is 0 Å². The van der Waals surface area contributed by atoms with Crippen LogP contribution in [0.1, 0.15) is 27.6 Å². The van der Waals surface area contributed by atoms with Crippen molar-refractivity contribution in [1.29, 1.82) is 0 Å². The molecule has 0 aliphatic carbocycles. The van der Waals surface area contributed by atoms with Crippen molar-refractivity contribution in [3.05, 3.63) is 93.7 Å². The van der Waals surface area contributed by atoms with Crippen LogP contribution in [-0.4, -0.2) is 60.5 Å². The lowest BCUT2D eigenvalue weighted by atomic mass is 10.1. The first-order valence-corrected chi connectivity index (χ1v) is 11.9. The van der Waals surface area contributed by atoms with Crippen LogP contribution < -0.4 is 4.74 Å². The Morgan fingerprint density at radius 3 is 2.47 bits per heavy atom. The van der Waals surface area contributed by atoms with Gasteiger partial charge in [0.1, 0.15) is 10.9 Å². The maximum atomic E-state index is 12.8. The number of halogens is 2. The summed E-state index contributed by atoms with van der Waals surface area (Å²) in [4.78, 5) is 21.0. The topological polar surface area (TPSA) is 54.9 Å². The molecule has 1 saturated heterocycles. The molecular formula is C26H27Cl2N3O3. The highest BCUT2D eigenvalue weighted by atomic mass is 35.5.